The largest absolute Gasteiger partial charge is 0.326 e. The molecule has 0 fully saturated rings. The maximum Gasteiger partial charge on any atom is 0.224 e. The minimum atomic E-state index is -3.00. The second-order valence-electron chi connectivity index (χ2n) is 4.72. The van der Waals surface area contributed by atoms with Crippen molar-refractivity contribution in [3.05, 3.63) is 29.8 Å². The number of carbonyl (C=O) groups is 1. The van der Waals surface area contributed by atoms with Gasteiger partial charge in [-0.1, -0.05) is 25.1 Å². The van der Waals surface area contributed by atoms with Crippen LogP contribution in [0, 0.1) is 0 Å². The van der Waals surface area contributed by atoms with Gasteiger partial charge in [0, 0.05) is 24.9 Å². The molecule has 0 spiro atoms. The molecule has 0 aliphatic rings. The molecule has 6 heteroatoms. The van der Waals surface area contributed by atoms with E-state index in [4.69, 9.17) is 0 Å². The second kappa shape index (κ2) is 8.01. The minimum absolute atomic E-state index is 0.0411. The van der Waals surface area contributed by atoms with Crippen LogP contribution in [-0.4, -0.2) is 32.9 Å². The highest BCUT2D eigenvalue weighted by atomic mass is 32.2. The summed E-state index contributed by atoms with van der Waals surface area (Å²) in [6, 6.07) is 7.59. The van der Waals surface area contributed by atoms with E-state index in [1.165, 1.54) is 6.26 Å². The highest BCUT2D eigenvalue weighted by molar-refractivity contribution is 7.90. The third-order valence-electron chi connectivity index (χ3n) is 2.78. The zero-order valence-corrected chi connectivity index (χ0v) is 12.8. The number of benzene rings is 1. The first-order valence-corrected chi connectivity index (χ1v) is 8.74. The molecular formula is C14H22N2O3S. The predicted octanol–water partition coefficient (Wildman–Crippen LogP) is 1.56. The molecule has 0 aliphatic carbocycles. The van der Waals surface area contributed by atoms with Gasteiger partial charge in [0.25, 0.3) is 0 Å². The lowest BCUT2D eigenvalue weighted by molar-refractivity contribution is -0.116. The van der Waals surface area contributed by atoms with Crippen LogP contribution in [0.25, 0.3) is 0 Å². The Morgan fingerprint density at radius 3 is 2.60 bits per heavy atom. The molecule has 0 aliphatic heterocycles. The number of anilines is 1. The van der Waals surface area contributed by atoms with Crippen molar-refractivity contribution < 1.29 is 13.2 Å². The fourth-order valence-corrected chi connectivity index (χ4v) is 2.43. The standard InChI is InChI=1S/C14H22N2O3S/c1-3-15-11-12-7-4-5-8-13(12)16-14(17)9-6-10-20(2,18)19/h4-5,7-8,15H,3,6,9-11H2,1-2H3,(H,16,17). The van der Waals surface area contributed by atoms with E-state index in [1.807, 2.05) is 31.2 Å². The highest BCUT2D eigenvalue weighted by Gasteiger charge is 2.08. The van der Waals surface area contributed by atoms with E-state index in [2.05, 4.69) is 10.6 Å². The summed E-state index contributed by atoms with van der Waals surface area (Å²) >= 11 is 0. The Morgan fingerprint density at radius 2 is 1.95 bits per heavy atom. The minimum Gasteiger partial charge on any atom is -0.326 e. The zero-order chi connectivity index (χ0) is 15.0. The predicted molar refractivity (Wildman–Crippen MR) is 81.4 cm³/mol. The number of para-hydroxylation sites is 1. The average Bonchev–Trinajstić information content (AvgIpc) is 2.36. The van der Waals surface area contributed by atoms with E-state index in [9.17, 15) is 13.2 Å². The molecule has 0 saturated carbocycles. The van der Waals surface area contributed by atoms with E-state index in [0.29, 0.717) is 13.0 Å². The van der Waals surface area contributed by atoms with E-state index < -0.39 is 9.84 Å². The molecule has 112 valence electrons. The van der Waals surface area contributed by atoms with Crippen LogP contribution < -0.4 is 10.6 Å². The van der Waals surface area contributed by atoms with Gasteiger partial charge < -0.3 is 10.6 Å². The fourth-order valence-electron chi connectivity index (χ4n) is 1.76. The first-order valence-electron chi connectivity index (χ1n) is 6.68. The van der Waals surface area contributed by atoms with Gasteiger partial charge in [0.15, 0.2) is 0 Å². The number of hydrogen-bond acceptors (Lipinski definition) is 4. The van der Waals surface area contributed by atoms with Gasteiger partial charge in [0.05, 0.1) is 5.75 Å². The molecule has 20 heavy (non-hydrogen) atoms. The number of rotatable bonds is 8. The number of amides is 1. The van der Waals surface area contributed by atoms with Crippen LogP contribution in [0.1, 0.15) is 25.3 Å². The molecule has 0 aromatic heterocycles. The molecule has 1 rings (SSSR count). The summed E-state index contributed by atoms with van der Waals surface area (Å²) in [7, 11) is -3.00. The first kappa shape index (κ1) is 16.7. The molecule has 2 N–H and O–H groups in total. The normalized spacial score (nSPS) is 11.3. The number of carbonyl (C=O) groups excluding carboxylic acids is 1. The lowest BCUT2D eigenvalue weighted by Gasteiger charge is -2.11. The van der Waals surface area contributed by atoms with Gasteiger partial charge in [-0.2, -0.15) is 0 Å². The SMILES string of the molecule is CCNCc1ccccc1NC(=O)CCCS(C)(=O)=O. The van der Waals surface area contributed by atoms with Crippen molar-refractivity contribution in [1.29, 1.82) is 0 Å². The number of sulfone groups is 1. The summed E-state index contributed by atoms with van der Waals surface area (Å²) in [6.45, 7) is 3.57. The zero-order valence-electron chi connectivity index (χ0n) is 12.0. The first-order chi connectivity index (χ1) is 9.42. The molecule has 0 radical (unpaired) electrons. The van der Waals surface area contributed by atoms with Crippen molar-refractivity contribution in [3.63, 3.8) is 0 Å². The molecule has 0 heterocycles. The maximum absolute atomic E-state index is 11.8. The van der Waals surface area contributed by atoms with Crippen molar-refractivity contribution >= 4 is 21.4 Å². The summed E-state index contributed by atoms with van der Waals surface area (Å²) in [5, 5.41) is 6.04. The lowest BCUT2D eigenvalue weighted by Crippen LogP contribution is -2.17. The van der Waals surface area contributed by atoms with E-state index in [0.717, 1.165) is 17.8 Å². The fraction of sp³-hybridized carbons (Fsp3) is 0.500. The summed E-state index contributed by atoms with van der Waals surface area (Å²) in [5.74, 6) is -0.114. The lowest BCUT2D eigenvalue weighted by atomic mass is 10.1. The van der Waals surface area contributed by atoms with Gasteiger partial charge in [-0.05, 0) is 24.6 Å². The van der Waals surface area contributed by atoms with Crippen LogP contribution in [-0.2, 0) is 21.2 Å². The van der Waals surface area contributed by atoms with Gasteiger partial charge >= 0.3 is 0 Å². The Bertz CT molecular complexity index is 541. The van der Waals surface area contributed by atoms with Crippen molar-refractivity contribution in [3.8, 4) is 0 Å². The van der Waals surface area contributed by atoms with E-state index in [-0.39, 0.29) is 18.1 Å². The Kier molecular flexibility index (Phi) is 6.67. The third-order valence-corrected chi connectivity index (χ3v) is 3.81. The van der Waals surface area contributed by atoms with Crippen LogP contribution in [0.4, 0.5) is 5.69 Å². The van der Waals surface area contributed by atoms with E-state index >= 15 is 0 Å². The number of nitrogens with one attached hydrogen (secondary N) is 2. The summed E-state index contributed by atoms with van der Waals surface area (Å²) in [5.41, 5.74) is 1.80. The summed E-state index contributed by atoms with van der Waals surface area (Å²) < 4.78 is 22.0. The molecule has 5 nitrogen and oxygen atoms in total. The quantitative estimate of drug-likeness (QED) is 0.764. The van der Waals surface area contributed by atoms with Gasteiger partial charge in [0.1, 0.15) is 9.84 Å². The second-order valence-corrected chi connectivity index (χ2v) is 6.98. The van der Waals surface area contributed by atoms with E-state index in [1.54, 1.807) is 0 Å². The molecule has 0 saturated heterocycles. The van der Waals surface area contributed by atoms with Gasteiger partial charge in [-0.25, -0.2) is 8.42 Å². The molecule has 0 bridgehead atoms. The Morgan fingerprint density at radius 1 is 1.25 bits per heavy atom. The summed E-state index contributed by atoms with van der Waals surface area (Å²) in [4.78, 5) is 11.8. The van der Waals surface area contributed by atoms with Crippen molar-refractivity contribution in [1.82, 2.24) is 5.32 Å². The molecule has 1 aromatic rings. The van der Waals surface area contributed by atoms with Gasteiger partial charge in [-0.15, -0.1) is 0 Å². The summed E-state index contributed by atoms with van der Waals surface area (Å²) in [6.07, 6.45) is 1.74. The van der Waals surface area contributed by atoms with Crippen LogP contribution >= 0.6 is 0 Å². The average molecular weight is 298 g/mol. The highest BCUT2D eigenvalue weighted by Crippen LogP contribution is 2.15. The van der Waals surface area contributed by atoms with Gasteiger partial charge in [0.2, 0.25) is 5.91 Å². The maximum atomic E-state index is 11.8. The van der Waals surface area contributed by atoms with Crippen molar-refractivity contribution in [2.75, 3.05) is 23.9 Å². The monoisotopic (exact) mass is 298 g/mol. The molecule has 0 atom stereocenters. The molecule has 0 unspecified atom stereocenters. The van der Waals surface area contributed by atoms with Crippen LogP contribution in [0.2, 0.25) is 0 Å². The van der Waals surface area contributed by atoms with Crippen molar-refractivity contribution in [2.45, 2.75) is 26.3 Å². The Balaban J connectivity index is 2.53. The van der Waals surface area contributed by atoms with Crippen LogP contribution in [0.15, 0.2) is 24.3 Å². The molecule has 1 aromatic carbocycles. The Hall–Kier alpha value is -1.40. The molecule has 1 amide bonds. The van der Waals surface area contributed by atoms with Crippen molar-refractivity contribution in [2.24, 2.45) is 0 Å². The topological polar surface area (TPSA) is 75.3 Å². The van der Waals surface area contributed by atoms with Crippen LogP contribution in [0.5, 0.6) is 0 Å². The van der Waals surface area contributed by atoms with Gasteiger partial charge in [-0.3, -0.25) is 4.79 Å². The number of hydrogen-bond donors (Lipinski definition) is 2. The Labute approximate surface area is 120 Å². The smallest absolute Gasteiger partial charge is 0.224 e. The molecular weight excluding hydrogens is 276 g/mol. The van der Waals surface area contributed by atoms with Crippen LogP contribution in [0.3, 0.4) is 0 Å². The third kappa shape index (κ3) is 6.68.